The van der Waals surface area contributed by atoms with Gasteiger partial charge in [0.25, 0.3) is 5.56 Å². The number of amides is 1. The van der Waals surface area contributed by atoms with Crippen LogP contribution in [0.25, 0.3) is 16.9 Å². The average molecular weight is 416 g/mol. The van der Waals surface area contributed by atoms with Gasteiger partial charge in [-0.15, -0.1) is 5.10 Å². The van der Waals surface area contributed by atoms with Crippen molar-refractivity contribution >= 4 is 22.8 Å². The summed E-state index contributed by atoms with van der Waals surface area (Å²) in [5, 5.41) is 10.9. The highest BCUT2D eigenvalue weighted by Crippen LogP contribution is 2.14. The lowest BCUT2D eigenvalue weighted by Gasteiger charge is -2.08. The summed E-state index contributed by atoms with van der Waals surface area (Å²) in [7, 11) is 0. The largest absolute Gasteiger partial charge is 0.325 e. The Morgan fingerprint density at radius 1 is 1.06 bits per heavy atom. The Balaban J connectivity index is 1.49. The van der Waals surface area contributed by atoms with E-state index in [-0.39, 0.29) is 18.0 Å². The zero-order valence-corrected chi connectivity index (χ0v) is 17.6. The Morgan fingerprint density at radius 2 is 1.81 bits per heavy atom. The van der Waals surface area contributed by atoms with Crippen LogP contribution in [0, 0.1) is 6.92 Å². The van der Waals surface area contributed by atoms with Gasteiger partial charge in [-0.1, -0.05) is 48.4 Å². The molecule has 1 amide bonds. The van der Waals surface area contributed by atoms with Crippen LogP contribution in [-0.2, 0) is 17.8 Å². The van der Waals surface area contributed by atoms with Gasteiger partial charge in [-0.2, -0.15) is 4.68 Å². The van der Waals surface area contributed by atoms with Gasteiger partial charge in [-0.25, -0.2) is 4.98 Å². The first kappa shape index (κ1) is 20.5. The van der Waals surface area contributed by atoms with Crippen molar-refractivity contribution in [2.75, 3.05) is 5.32 Å². The molecule has 0 spiro atoms. The van der Waals surface area contributed by atoms with Gasteiger partial charge in [0.2, 0.25) is 5.91 Å². The second-order valence-corrected chi connectivity index (χ2v) is 7.54. The number of benzene rings is 2. The Labute approximate surface area is 179 Å². The number of carbonyl (C=O) groups is 1. The van der Waals surface area contributed by atoms with Crippen LogP contribution in [0.4, 0.5) is 5.69 Å². The van der Waals surface area contributed by atoms with E-state index in [1.165, 1.54) is 21.1 Å². The molecule has 31 heavy (non-hydrogen) atoms. The van der Waals surface area contributed by atoms with Crippen LogP contribution < -0.4 is 10.9 Å². The lowest BCUT2D eigenvalue weighted by Crippen LogP contribution is -2.28. The first-order valence-electron chi connectivity index (χ1n) is 10.3. The highest BCUT2D eigenvalue weighted by Gasteiger charge is 2.15. The Kier molecular flexibility index (Phi) is 5.88. The Bertz CT molecular complexity index is 1260. The molecule has 0 aliphatic rings. The number of fused-ring (bicyclic) bond motifs is 1. The van der Waals surface area contributed by atoms with E-state index in [9.17, 15) is 9.59 Å². The number of rotatable bonds is 7. The SMILES string of the molecule is CCCCc1ccc(NC(=O)Cn2cnc3c(nnn3-c3ccc(C)cc3)c2=O)cc1. The standard InChI is InChI=1S/C23H24N6O2/c1-3-4-5-17-8-10-18(11-9-17)25-20(30)14-28-15-24-22-21(23(28)31)26-27-29(22)19-12-6-16(2)7-13-19/h6-13,15H,3-5,14H2,1-2H3,(H,25,30). The topological polar surface area (TPSA) is 94.7 Å². The molecular formula is C23H24N6O2. The number of hydrogen-bond donors (Lipinski definition) is 1. The number of unbranched alkanes of at least 4 members (excludes halogenated alkanes) is 1. The van der Waals surface area contributed by atoms with Crippen LogP contribution in [-0.4, -0.2) is 30.5 Å². The molecule has 0 saturated heterocycles. The molecular weight excluding hydrogens is 392 g/mol. The number of hydrogen-bond acceptors (Lipinski definition) is 5. The average Bonchev–Trinajstić information content (AvgIpc) is 3.21. The molecule has 0 fully saturated rings. The third kappa shape index (κ3) is 4.53. The monoisotopic (exact) mass is 416 g/mol. The smallest absolute Gasteiger partial charge is 0.284 e. The van der Waals surface area contributed by atoms with E-state index in [0.717, 1.165) is 30.5 Å². The van der Waals surface area contributed by atoms with Crippen molar-refractivity contribution in [1.82, 2.24) is 24.5 Å². The molecule has 2 heterocycles. The van der Waals surface area contributed by atoms with Crippen molar-refractivity contribution < 1.29 is 4.79 Å². The summed E-state index contributed by atoms with van der Waals surface area (Å²) in [5.41, 5.74) is 3.88. The summed E-state index contributed by atoms with van der Waals surface area (Å²) < 4.78 is 2.75. The predicted molar refractivity (Wildman–Crippen MR) is 119 cm³/mol. The molecule has 1 N–H and O–H groups in total. The fourth-order valence-electron chi connectivity index (χ4n) is 3.31. The van der Waals surface area contributed by atoms with E-state index in [2.05, 4.69) is 27.5 Å². The van der Waals surface area contributed by atoms with Gasteiger partial charge in [0.1, 0.15) is 12.9 Å². The summed E-state index contributed by atoms with van der Waals surface area (Å²) in [6, 6.07) is 15.4. The molecule has 0 radical (unpaired) electrons. The van der Waals surface area contributed by atoms with Crippen molar-refractivity contribution in [2.24, 2.45) is 0 Å². The van der Waals surface area contributed by atoms with Crippen LogP contribution >= 0.6 is 0 Å². The first-order valence-corrected chi connectivity index (χ1v) is 10.3. The quantitative estimate of drug-likeness (QED) is 0.499. The molecule has 158 valence electrons. The Morgan fingerprint density at radius 3 is 2.52 bits per heavy atom. The van der Waals surface area contributed by atoms with Crippen LogP contribution in [0.2, 0.25) is 0 Å². The van der Waals surface area contributed by atoms with Crippen molar-refractivity contribution in [3.05, 3.63) is 76.3 Å². The van der Waals surface area contributed by atoms with Gasteiger partial charge >= 0.3 is 0 Å². The molecule has 4 aromatic rings. The molecule has 2 aromatic carbocycles. The Hall–Kier alpha value is -3.81. The molecule has 0 bridgehead atoms. The molecule has 4 rings (SSSR count). The van der Waals surface area contributed by atoms with Crippen molar-refractivity contribution in [3.8, 4) is 5.69 Å². The maximum atomic E-state index is 12.8. The highest BCUT2D eigenvalue weighted by molar-refractivity contribution is 5.90. The van der Waals surface area contributed by atoms with E-state index in [1.807, 2.05) is 55.5 Å². The van der Waals surface area contributed by atoms with Gasteiger partial charge in [0.15, 0.2) is 11.2 Å². The summed E-state index contributed by atoms with van der Waals surface area (Å²) in [5.74, 6) is -0.310. The minimum Gasteiger partial charge on any atom is -0.325 e. The summed E-state index contributed by atoms with van der Waals surface area (Å²) in [6.45, 7) is 3.99. The van der Waals surface area contributed by atoms with Gasteiger partial charge in [-0.05, 0) is 49.6 Å². The third-order valence-electron chi connectivity index (χ3n) is 5.08. The first-order chi connectivity index (χ1) is 15.0. The number of carbonyl (C=O) groups excluding carboxylic acids is 1. The number of nitrogens with one attached hydrogen (secondary N) is 1. The van der Waals surface area contributed by atoms with Gasteiger partial charge < -0.3 is 5.32 Å². The molecule has 0 atom stereocenters. The van der Waals surface area contributed by atoms with E-state index in [1.54, 1.807) is 0 Å². The fraction of sp³-hybridized carbons (Fsp3) is 0.261. The predicted octanol–water partition coefficient (Wildman–Crippen LogP) is 3.27. The summed E-state index contributed by atoms with van der Waals surface area (Å²) >= 11 is 0. The minimum atomic E-state index is -0.409. The van der Waals surface area contributed by atoms with Crippen LogP contribution in [0.1, 0.15) is 30.9 Å². The zero-order chi connectivity index (χ0) is 21.8. The van der Waals surface area contributed by atoms with E-state index < -0.39 is 5.56 Å². The van der Waals surface area contributed by atoms with Crippen molar-refractivity contribution in [1.29, 1.82) is 0 Å². The van der Waals surface area contributed by atoms with Crippen LogP contribution in [0.15, 0.2) is 59.7 Å². The van der Waals surface area contributed by atoms with E-state index >= 15 is 0 Å². The van der Waals surface area contributed by atoms with Crippen LogP contribution in [0.5, 0.6) is 0 Å². The van der Waals surface area contributed by atoms with Gasteiger partial charge in [0, 0.05) is 5.69 Å². The molecule has 8 nitrogen and oxygen atoms in total. The van der Waals surface area contributed by atoms with Crippen molar-refractivity contribution in [3.63, 3.8) is 0 Å². The number of anilines is 1. The highest BCUT2D eigenvalue weighted by atomic mass is 16.2. The lowest BCUT2D eigenvalue weighted by atomic mass is 10.1. The number of aryl methyl sites for hydroxylation is 2. The van der Waals surface area contributed by atoms with Crippen molar-refractivity contribution in [2.45, 2.75) is 39.7 Å². The minimum absolute atomic E-state index is 0.121. The second kappa shape index (κ2) is 8.91. The molecule has 8 heteroatoms. The maximum Gasteiger partial charge on any atom is 0.284 e. The van der Waals surface area contributed by atoms with Gasteiger partial charge in [-0.3, -0.25) is 14.2 Å². The van der Waals surface area contributed by atoms with Gasteiger partial charge in [0.05, 0.1) is 5.69 Å². The van der Waals surface area contributed by atoms with E-state index in [4.69, 9.17) is 0 Å². The molecule has 0 unspecified atom stereocenters. The second-order valence-electron chi connectivity index (χ2n) is 7.54. The summed E-state index contributed by atoms with van der Waals surface area (Å²) in [6.07, 6.45) is 4.66. The molecule has 0 saturated carbocycles. The number of nitrogens with zero attached hydrogens (tertiary/aromatic N) is 5. The normalized spacial score (nSPS) is 11.0. The van der Waals surface area contributed by atoms with Crippen LogP contribution in [0.3, 0.4) is 0 Å². The van der Waals surface area contributed by atoms with E-state index in [0.29, 0.717) is 11.3 Å². The number of aromatic nitrogens is 5. The third-order valence-corrected chi connectivity index (χ3v) is 5.08. The molecule has 0 aliphatic carbocycles. The molecule has 2 aromatic heterocycles. The maximum absolute atomic E-state index is 12.8. The summed E-state index contributed by atoms with van der Waals surface area (Å²) in [4.78, 5) is 29.6. The molecule has 0 aliphatic heterocycles. The lowest BCUT2D eigenvalue weighted by molar-refractivity contribution is -0.116. The zero-order valence-electron chi connectivity index (χ0n) is 17.6. The fourth-order valence-corrected chi connectivity index (χ4v) is 3.31.